The number of nitrogens with zero attached hydrogens (tertiary/aromatic N) is 1. The monoisotopic (exact) mass is 347 g/mol. The van der Waals surface area contributed by atoms with Gasteiger partial charge in [-0.2, -0.15) is 5.26 Å². The Kier molecular flexibility index (Phi) is 3.93. The maximum absolute atomic E-state index is 12.9. The van der Waals surface area contributed by atoms with E-state index in [2.05, 4.69) is 0 Å². The van der Waals surface area contributed by atoms with Gasteiger partial charge >= 0.3 is 0 Å². The van der Waals surface area contributed by atoms with Crippen molar-refractivity contribution < 1.29 is 13.5 Å². The van der Waals surface area contributed by atoms with Crippen LogP contribution in [0.5, 0.6) is 0 Å². The van der Waals surface area contributed by atoms with Crippen LogP contribution in [0, 0.1) is 16.7 Å². The van der Waals surface area contributed by atoms with Crippen LogP contribution in [-0.4, -0.2) is 25.4 Å². The number of hydrogen-bond acceptors (Lipinski definition) is 4. The highest BCUT2D eigenvalue weighted by molar-refractivity contribution is 7.92. The number of halogens is 1. The fraction of sp³-hybridized carbons (Fsp3) is 0.235. The molecule has 4 nitrogen and oxygen atoms in total. The van der Waals surface area contributed by atoms with Gasteiger partial charge in [-0.25, -0.2) is 8.42 Å². The van der Waals surface area contributed by atoms with Crippen LogP contribution >= 0.6 is 11.6 Å². The molecule has 23 heavy (non-hydrogen) atoms. The zero-order valence-corrected chi connectivity index (χ0v) is 13.6. The third-order valence-electron chi connectivity index (χ3n) is 4.36. The number of aliphatic hydroxyl groups is 1. The smallest absolute Gasteiger partial charge is 0.183 e. The maximum atomic E-state index is 12.9. The fourth-order valence-electron chi connectivity index (χ4n) is 3.12. The third-order valence-corrected chi connectivity index (χ3v) is 6.90. The van der Waals surface area contributed by atoms with Gasteiger partial charge in [-0.1, -0.05) is 41.9 Å². The summed E-state index contributed by atoms with van der Waals surface area (Å²) in [6.07, 6.45) is 0. The summed E-state index contributed by atoms with van der Waals surface area (Å²) in [7, 11) is -3.72. The van der Waals surface area contributed by atoms with E-state index in [1.54, 1.807) is 42.5 Å². The summed E-state index contributed by atoms with van der Waals surface area (Å²) in [5, 5.41) is 18.8. The van der Waals surface area contributed by atoms with Crippen molar-refractivity contribution in [2.24, 2.45) is 5.41 Å². The second kappa shape index (κ2) is 5.64. The Balaban J connectivity index is 2.07. The van der Waals surface area contributed by atoms with Crippen molar-refractivity contribution in [2.75, 3.05) is 6.61 Å². The molecule has 0 spiro atoms. The van der Waals surface area contributed by atoms with Crippen molar-refractivity contribution in [3.8, 4) is 6.07 Å². The lowest BCUT2D eigenvalue weighted by atomic mass is 10.0. The lowest BCUT2D eigenvalue weighted by Gasteiger charge is -2.05. The van der Waals surface area contributed by atoms with Gasteiger partial charge < -0.3 is 5.11 Å². The second-order valence-electron chi connectivity index (χ2n) is 5.62. The molecular formula is C17H14ClNO3S. The van der Waals surface area contributed by atoms with E-state index in [1.165, 1.54) is 12.1 Å². The predicted octanol–water partition coefficient (Wildman–Crippen LogP) is 2.78. The first-order valence-corrected chi connectivity index (χ1v) is 8.96. The lowest BCUT2D eigenvalue weighted by molar-refractivity contribution is 0.242. The third kappa shape index (κ3) is 2.43. The first-order valence-electron chi connectivity index (χ1n) is 7.04. The van der Waals surface area contributed by atoms with Crippen LogP contribution in [-0.2, 0) is 9.84 Å². The normalized spacial score (nSPS) is 26.5. The SMILES string of the molecule is N#C[C@]1(CO)[C@H](c2ccc(Cl)cc2)[C@H]1S(=O)(=O)c1ccccc1. The van der Waals surface area contributed by atoms with Crippen molar-refractivity contribution in [1.82, 2.24) is 0 Å². The summed E-state index contributed by atoms with van der Waals surface area (Å²) in [5.41, 5.74) is -0.628. The minimum Gasteiger partial charge on any atom is -0.395 e. The first kappa shape index (κ1) is 16.0. The van der Waals surface area contributed by atoms with Gasteiger partial charge in [0.1, 0.15) is 5.41 Å². The number of aliphatic hydroxyl groups excluding tert-OH is 1. The lowest BCUT2D eigenvalue weighted by Crippen LogP contribution is -2.18. The molecule has 1 fully saturated rings. The second-order valence-corrected chi connectivity index (χ2v) is 8.12. The van der Waals surface area contributed by atoms with E-state index in [1.807, 2.05) is 6.07 Å². The molecule has 3 rings (SSSR count). The minimum atomic E-state index is -3.72. The van der Waals surface area contributed by atoms with Gasteiger partial charge in [-0.3, -0.25) is 0 Å². The van der Waals surface area contributed by atoms with E-state index in [-0.39, 0.29) is 4.90 Å². The zero-order chi connectivity index (χ0) is 16.7. The van der Waals surface area contributed by atoms with Crippen molar-refractivity contribution in [3.05, 3.63) is 65.2 Å². The average molecular weight is 348 g/mol. The number of rotatable bonds is 4. The Labute approximate surface area is 139 Å². The van der Waals surface area contributed by atoms with Crippen molar-refractivity contribution in [3.63, 3.8) is 0 Å². The van der Waals surface area contributed by atoms with Gasteiger partial charge in [0, 0.05) is 10.9 Å². The van der Waals surface area contributed by atoms with E-state index in [0.29, 0.717) is 10.6 Å². The van der Waals surface area contributed by atoms with Crippen molar-refractivity contribution in [1.29, 1.82) is 5.26 Å². The molecule has 0 aliphatic heterocycles. The van der Waals surface area contributed by atoms with E-state index < -0.39 is 33.0 Å². The molecule has 0 aromatic heterocycles. The minimum absolute atomic E-state index is 0.162. The maximum Gasteiger partial charge on any atom is 0.183 e. The molecule has 118 valence electrons. The van der Waals surface area contributed by atoms with Crippen LogP contribution in [0.4, 0.5) is 0 Å². The molecular weight excluding hydrogens is 334 g/mol. The molecule has 1 aliphatic rings. The highest BCUT2D eigenvalue weighted by atomic mass is 35.5. The molecule has 1 N–H and O–H groups in total. The average Bonchev–Trinajstić information content (AvgIpc) is 3.27. The van der Waals surface area contributed by atoms with Crippen LogP contribution < -0.4 is 0 Å². The van der Waals surface area contributed by atoms with Crippen LogP contribution in [0.25, 0.3) is 0 Å². The number of hydrogen-bond donors (Lipinski definition) is 1. The molecule has 0 saturated heterocycles. The summed E-state index contributed by atoms with van der Waals surface area (Å²) in [4.78, 5) is 0.162. The summed E-state index contributed by atoms with van der Waals surface area (Å²) in [6, 6.07) is 16.8. The molecule has 0 heterocycles. The highest BCUT2D eigenvalue weighted by Crippen LogP contribution is 2.63. The predicted molar refractivity (Wildman–Crippen MR) is 86.7 cm³/mol. The van der Waals surface area contributed by atoms with Gasteiger partial charge in [0.05, 0.1) is 22.8 Å². The molecule has 0 radical (unpaired) electrons. The molecule has 2 aromatic rings. The largest absolute Gasteiger partial charge is 0.395 e. The molecule has 1 saturated carbocycles. The van der Waals surface area contributed by atoms with Crippen LogP contribution in [0.15, 0.2) is 59.5 Å². The standard InChI is InChI=1S/C17H14ClNO3S/c18-13-8-6-12(7-9-13)15-16(17(15,10-19)11-20)23(21,22)14-4-2-1-3-5-14/h1-9,15-16,20H,11H2/t15-,16-,17+/m1/s1. The molecule has 2 aromatic carbocycles. The molecule has 0 unspecified atom stereocenters. The van der Waals surface area contributed by atoms with Crippen molar-refractivity contribution in [2.45, 2.75) is 16.1 Å². The van der Waals surface area contributed by atoms with Gasteiger partial charge in [0.2, 0.25) is 0 Å². The van der Waals surface area contributed by atoms with Gasteiger partial charge in [-0.15, -0.1) is 0 Å². The van der Waals surface area contributed by atoms with Gasteiger partial charge in [0.15, 0.2) is 9.84 Å². The van der Waals surface area contributed by atoms with E-state index in [0.717, 1.165) is 0 Å². The Morgan fingerprint density at radius 3 is 2.26 bits per heavy atom. The molecule has 0 bridgehead atoms. The number of nitriles is 1. The first-order chi connectivity index (χ1) is 11.0. The molecule has 0 amide bonds. The number of benzene rings is 2. The summed E-state index contributed by atoms with van der Waals surface area (Å²) in [5.74, 6) is -0.569. The van der Waals surface area contributed by atoms with Crippen molar-refractivity contribution >= 4 is 21.4 Å². The summed E-state index contributed by atoms with van der Waals surface area (Å²) >= 11 is 5.87. The Hall–Kier alpha value is -1.87. The topological polar surface area (TPSA) is 78.2 Å². The quantitative estimate of drug-likeness (QED) is 0.922. The number of sulfone groups is 1. The van der Waals surface area contributed by atoms with E-state index >= 15 is 0 Å². The molecule has 1 aliphatic carbocycles. The highest BCUT2D eigenvalue weighted by Gasteiger charge is 2.72. The fourth-order valence-corrected chi connectivity index (χ4v) is 5.58. The van der Waals surface area contributed by atoms with E-state index in [4.69, 9.17) is 11.6 Å². The molecule has 6 heteroatoms. The summed E-state index contributed by atoms with van der Waals surface area (Å²) in [6.45, 7) is -0.506. The Bertz CT molecular complexity index is 859. The summed E-state index contributed by atoms with van der Waals surface area (Å²) < 4.78 is 25.8. The Morgan fingerprint density at radius 2 is 1.74 bits per heavy atom. The molecule has 3 atom stereocenters. The zero-order valence-electron chi connectivity index (χ0n) is 12.1. The van der Waals surface area contributed by atoms with Crippen LogP contribution in [0.1, 0.15) is 11.5 Å². The Morgan fingerprint density at radius 1 is 1.13 bits per heavy atom. The van der Waals surface area contributed by atoms with Crippen LogP contribution in [0.2, 0.25) is 5.02 Å². The van der Waals surface area contributed by atoms with Gasteiger partial charge in [-0.05, 0) is 29.8 Å². The van der Waals surface area contributed by atoms with Crippen LogP contribution in [0.3, 0.4) is 0 Å². The van der Waals surface area contributed by atoms with Gasteiger partial charge in [0.25, 0.3) is 0 Å². The van der Waals surface area contributed by atoms with E-state index in [9.17, 15) is 18.8 Å².